The fourth-order valence-corrected chi connectivity index (χ4v) is 2.35. The molecule has 0 N–H and O–H groups in total. The van der Waals surface area contributed by atoms with E-state index in [1.165, 1.54) is 11.6 Å². The highest BCUT2D eigenvalue weighted by Gasteiger charge is 2.36. The first-order valence-electron chi connectivity index (χ1n) is 5.62. The molecule has 1 unspecified atom stereocenters. The van der Waals surface area contributed by atoms with Gasteiger partial charge in [0.2, 0.25) is 5.91 Å². The Bertz CT molecular complexity index is 398. The van der Waals surface area contributed by atoms with Gasteiger partial charge in [0, 0.05) is 18.5 Å². The van der Waals surface area contributed by atoms with Crippen molar-refractivity contribution < 1.29 is 4.79 Å². The highest BCUT2D eigenvalue weighted by atomic mass is 16.2. The Hall–Kier alpha value is -1.57. The van der Waals surface area contributed by atoms with Gasteiger partial charge in [-0.2, -0.15) is 0 Å². The van der Waals surface area contributed by atoms with Crippen LogP contribution in [0.1, 0.15) is 18.9 Å². The number of nitrogens with zero attached hydrogens (tertiary/aromatic N) is 1. The molecule has 0 saturated carbocycles. The van der Waals surface area contributed by atoms with Gasteiger partial charge in [0.15, 0.2) is 0 Å². The van der Waals surface area contributed by atoms with Gasteiger partial charge in [-0.15, -0.1) is 0 Å². The van der Waals surface area contributed by atoms with Crippen LogP contribution in [0, 0.1) is 0 Å². The zero-order chi connectivity index (χ0) is 11.6. The molecule has 2 rings (SSSR count). The van der Waals surface area contributed by atoms with Crippen molar-refractivity contribution in [2.75, 3.05) is 13.1 Å². The zero-order valence-corrected chi connectivity index (χ0v) is 9.65. The summed E-state index contributed by atoms with van der Waals surface area (Å²) >= 11 is 0. The minimum atomic E-state index is 0.0413. The Morgan fingerprint density at radius 1 is 1.44 bits per heavy atom. The number of hydrogen-bond donors (Lipinski definition) is 0. The van der Waals surface area contributed by atoms with Crippen LogP contribution in [0.5, 0.6) is 0 Å². The van der Waals surface area contributed by atoms with E-state index >= 15 is 0 Å². The second kappa shape index (κ2) is 4.12. The summed E-state index contributed by atoms with van der Waals surface area (Å²) < 4.78 is 0. The van der Waals surface area contributed by atoms with Crippen molar-refractivity contribution in [1.82, 2.24) is 4.90 Å². The molecule has 0 aliphatic carbocycles. The van der Waals surface area contributed by atoms with Gasteiger partial charge in [-0.3, -0.25) is 4.79 Å². The maximum atomic E-state index is 11.5. The monoisotopic (exact) mass is 215 g/mol. The fraction of sp³-hybridized carbons (Fsp3) is 0.357. The van der Waals surface area contributed by atoms with Crippen LogP contribution in [0.25, 0.3) is 0 Å². The molecular weight excluding hydrogens is 198 g/mol. The molecule has 1 aromatic rings. The molecule has 1 heterocycles. The molecule has 16 heavy (non-hydrogen) atoms. The SMILES string of the molecule is C=CC(=O)N1CCC(C)(c2ccccc2)C1. The molecule has 2 nitrogen and oxygen atoms in total. The Balaban J connectivity index is 2.18. The first-order chi connectivity index (χ1) is 7.65. The van der Waals surface area contributed by atoms with Crippen molar-refractivity contribution in [1.29, 1.82) is 0 Å². The lowest BCUT2D eigenvalue weighted by Crippen LogP contribution is -2.31. The third kappa shape index (κ3) is 1.87. The van der Waals surface area contributed by atoms with Crippen LogP contribution in [0.3, 0.4) is 0 Å². The Labute approximate surface area is 96.6 Å². The molecule has 0 radical (unpaired) electrons. The third-order valence-electron chi connectivity index (χ3n) is 3.43. The van der Waals surface area contributed by atoms with E-state index < -0.39 is 0 Å². The Morgan fingerprint density at radius 2 is 2.12 bits per heavy atom. The van der Waals surface area contributed by atoms with Gasteiger partial charge in [0.1, 0.15) is 0 Å². The number of amides is 1. The van der Waals surface area contributed by atoms with Crippen LogP contribution < -0.4 is 0 Å². The maximum Gasteiger partial charge on any atom is 0.245 e. The predicted octanol–water partition coefficient (Wildman–Crippen LogP) is 2.36. The molecular formula is C14H17NO. The topological polar surface area (TPSA) is 20.3 Å². The van der Waals surface area contributed by atoms with Crippen molar-refractivity contribution in [3.63, 3.8) is 0 Å². The number of hydrogen-bond acceptors (Lipinski definition) is 1. The summed E-state index contributed by atoms with van der Waals surface area (Å²) in [5, 5.41) is 0. The van der Waals surface area contributed by atoms with E-state index in [-0.39, 0.29) is 11.3 Å². The number of likely N-dealkylation sites (tertiary alicyclic amines) is 1. The summed E-state index contributed by atoms with van der Waals surface area (Å²) in [7, 11) is 0. The number of benzene rings is 1. The van der Waals surface area contributed by atoms with E-state index in [0.717, 1.165) is 19.5 Å². The molecule has 0 aromatic heterocycles. The quantitative estimate of drug-likeness (QED) is 0.693. The average molecular weight is 215 g/mol. The van der Waals surface area contributed by atoms with Crippen molar-refractivity contribution >= 4 is 5.91 Å². The fourth-order valence-electron chi connectivity index (χ4n) is 2.35. The lowest BCUT2D eigenvalue weighted by Gasteiger charge is -2.24. The molecule has 1 saturated heterocycles. The van der Waals surface area contributed by atoms with Crippen LogP contribution >= 0.6 is 0 Å². The highest BCUT2D eigenvalue weighted by molar-refractivity contribution is 5.87. The van der Waals surface area contributed by atoms with Crippen molar-refractivity contribution in [3.05, 3.63) is 48.6 Å². The minimum absolute atomic E-state index is 0.0413. The molecule has 1 aliphatic rings. The number of rotatable bonds is 2. The second-order valence-corrected chi connectivity index (χ2v) is 4.64. The van der Waals surface area contributed by atoms with Crippen molar-refractivity contribution in [3.8, 4) is 0 Å². The molecule has 2 heteroatoms. The summed E-state index contributed by atoms with van der Waals surface area (Å²) in [6.45, 7) is 7.38. The van der Waals surface area contributed by atoms with E-state index in [9.17, 15) is 4.79 Å². The van der Waals surface area contributed by atoms with Gasteiger partial charge >= 0.3 is 0 Å². The Kier molecular flexibility index (Phi) is 2.82. The van der Waals surface area contributed by atoms with Gasteiger partial charge < -0.3 is 4.90 Å². The molecule has 1 aromatic carbocycles. The Morgan fingerprint density at radius 3 is 2.75 bits per heavy atom. The van der Waals surface area contributed by atoms with Crippen LogP contribution in [0.2, 0.25) is 0 Å². The first-order valence-corrected chi connectivity index (χ1v) is 5.62. The van der Waals surface area contributed by atoms with Crippen LogP contribution in [0.4, 0.5) is 0 Å². The summed E-state index contributed by atoms with van der Waals surface area (Å²) in [4.78, 5) is 13.4. The molecule has 1 fully saturated rings. The molecule has 1 aliphatic heterocycles. The van der Waals surface area contributed by atoms with E-state index in [4.69, 9.17) is 0 Å². The highest BCUT2D eigenvalue weighted by Crippen LogP contribution is 2.33. The van der Waals surface area contributed by atoms with E-state index in [1.54, 1.807) is 0 Å². The lowest BCUT2D eigenvalue weighted by molar-refractivity contribution is -0.125. The molecule has 84 valence electrons. The normalized spacial score (nSPS) is 24.4. The summed E-state index contributed by atoms with van der Waals surface area (Å²) in [6.07, 6.45) is 2.42. The van der Waals surface area contributed by atoms with Crippen LogP contribution in [0.15, 0.2) is 43.0 Å². The van der Waals surface area contributed by atoms with Gasteiger partial charge in [-0.05, 0) is 18.1 Å². The van der Waals surface area contributed by atoms with Crippen LogP contribution in [-0.4, -0.2) is 23.9 Å². The van der Waals surface area contributed by atoms with Gasteiger partial charge in [0.25, 0.3) is 0 Å². The van der Waals surface area contributed by atoms with E-state index in [2.05, 4.69) is 37.8 Å². The lowest BCUT2D eigenvalue weighted by atomic mass is 9.82. The van der Waals surface area contributed by atoms with E-state index in [0.29, 0.717) is 0 Å². The molecule has 1 atom stereocenters. The number of carbonyl (C=O) groups excluding carboxylic acids is 1. The molecule has 0 bridgehead atoms. The summed E-state index contributed by atoms with van der Waals surface area (Å²) in [5.41, 5.74) is 1.41. The van der Waals surface area contributed by atoms with Gasteiger partial charge in [-0.1, -0.05) is 43.8 Å². The van der Waals surface area contributed by atoms with Gasteiger partial charge in [0.05, 0.1) is 0 Å². The van der Waals surface area contributed by atoms with Crippen LogP contribution in [-0.2, 0) is 10.2 Å². The van der Waals surface area contributed by atoms with Crippen molar-refractivity contribution in [2.45, 2.75) is 18.8 Å². The number of carbonyl (C=O) groups is 1. The molecule has 0 spiro atoms. The maximum absolute atomic E-state index is 11.5. The molecule has 1 amide bonds. The smallest absolute Gasteiger partial charge is 0.245 e. The predicted molar refractivity (Wildman–Crippen MR) is 65.2 cm³/mol. The zero-order valence-electron chi connectivity index (χ0n) is 9.65. The average Bonchev–Trinajstić information content (AvgIpc) is 2.73. The largest absolute Gasteiger partial charge is 0.338 e. The minimum Gasteiger partial charge on any atom is -0.338 e. The summed E-state index contributed by atoms with van der Waals surface area (Å²) in [5.74, 6) is 0.0413. The van der Waals surface area contributed by atoms with Crippen molar-refractivity contribution in [2.24, 2.45) is 0 Å². The van der Waals surface area contributed by atoms with Gasteiger partial charge in [-0.25, -0.2) is 0 Å². The summed E-state index contributed by atoms with van der Waals surface area (Å²) in [6, 6.07) is 10.4. The third-order valence-corrected chi connectivity index (χ3v) is 3.43. The first kappa shape index (κ1) is 10.9. The standard InChI is InChI=1S/C14H17NO/c1-3-13(16)15-10-9-14(2,11-15)12-7-5-4-6-8-12/h3-8H,1,9-11H2,2H3. The second-order valence-electron chi connectivity index (χ2n) is 4.64. The van der Waals surface area contributed by atoms with E-state index in [1.807, 2.05) is 11.0 Å².